The minimum Gasteiger partial charge on any atom is -0.479 e. The average Bonchev–Trinajstić information content (AvgIpc) is 2.45. The number of rotatable bonds is 8. The van der Waals surface area contributed by atoms with E-state index in [1.54, 1.807) is 26.2 Å². The van der Waals surface area contributed by atoms with Gasteiger partial charge in [-0.1, -0.05) is 17.7 Å². The summed E-state index contributed by atoms with van der Waals surface area (Å²) in [5.74, 6) is 0.291. The van der Waals surface area contributed by atoms with E-state index in [0.717, 1.165) is 12.0 Å². The smallest absolute Gasteiger partial charge is 0.260 e. The van der Waals surface area contributed by atoms with Crippen LogP contribution < -0.4 is 15.8 Å². The van der Waals surface area contributed by atoms with Gasteiger partial charge in [-0.15, -0.1) is 0 Å². The molecule has 0 bridgehead atoms. The number of nitrogens with one attached hydrogen (secondary N) is 1. The first-order chi connectivity index (χ1) is 9.95. The predicted molar refractivity (Wildman–Crippen MR) is 83.6 cm³/mol. The predicted octanol–water partition coefficient (Wildman–Crippen LogP) is 2.28. The molecule has 0 saturated heterocycles. The monoisotopic (exact) mass is 314 g/mol. The molecule has 1 aromatic carbocycles. The molecule has 1 rings (SSSR count). The summed E-state index contributed by atoms with van der Waals surface area (Å²) in [5.41, 5.74) is 6.71. The topological polar surface area (TPSA) is 73.6 Å². The highest BCUT2D eigenvalue weighted by Crippen LogP contribution is 2.28. The van der Waals surface area contributed by atoms with Crippen LogP contribution in [0, 0.1) is 0 Å². The van der Waals surface area contributed by atoms with Crippen molar-refractivity contribution >= 4 is 17.5 Å². The van der Waals surface area contributed by atoms with Gasteiger partial charge in [0.15, 0.2) is 6.10 Å². The van der Waals surface area contributed by atoms with Gasteiger partial charge < -0.3 is 20.5 Å². The molecule has 5 nitrogen and oxygen atoms in total. The third-order valence-corrected chi connectivity index (χ3v) is 3.27. The lowest BCUT2D eigenvalue weighted by molar-refractivity contribution is -0.127. The molecule has 21 heavy (non-hydrogen) atoms. The van der Waals surface area contributed by atoms with Crippen molar-refractivity contribution < 1.29 is 14.3 Å². The van der Waals surface area contributed by atoms with Gasteiger partial charge in [0.05, 0.1) is 5.02 Å². The van der Waals surface area contributed by atoms with Gasteiger partial charge in [-0.2, -0.15) is 0 Å². The second kappa shape index (κ2) is 8.87. The van der Waals surface area contributed by atoms with Crippen molar-refractivity contribution in [3.05, 3.63) is 28.8 Å². The molecule has 0 spiro atoms. The summed E-state index contributed by atoms with van der Waals surface area (Å²) in [7, 11) is 1.63. The first-order valence-corrected chi connectivity index (χ1v) is 7.31. The summed E-state index contributed by atoms with van der Waals surface area (Å²) in [6.07, 6.45) is 0.143. The van der Waals surface area contributed by atoms with Crippen LogP contribution in [0.15, 0.2) is 18.2 Å². The van der Waals surface area contributed by atoms with Gasteiger partial charge in [-0.05, 0) is 38.0 Å². The fraction of sp³-hybridized carbons (Fsp3) is 0.533. The van der Waals surface area contributed by atoms with E-state index in [2.05, 4.69) is 5.32 Å². The molecule has 0 saturated carbocycles. The van der Waals surface area contributed by atoms with Crippen molar-refractivity contribution in [1.29, 1.82) is 0 Å². The molecule has 0 fully saturated rings. The Balaban J connectivity index is 2.54. The number of amides is 1. The van der Waals surface area contributed by atoms with Crippen LogP contribution >= 0.6 is 11.6 Å². The maximum absolute atomic E-state index is 11.9. The van der Waals surface area contributed by atoms with Gasteiger partial charge in [0, 0.05) is 26.3 Å². The Morgan fingerprint density at radius 3 is 2.71 bits per heavy atom. The van der Waals surface area contributed by atoms with Crippen LogP contribution in [0.25, 0.3) is 0 Å². The molecule has 3 N–H and O–H groups in total. The molecule has 1 amide bonds. The number of hydrogen-bond acceptors (Lipinski definition) is 4. The van der Waals surface area contributed by atoms with Crippen LogP contribution in [0.3, 0.4) is 0 Å². The van der Waals surface area contributed by atoms with Gasteiger partial charge in [0.2, 0.25) is 0 Å². The van der Waals surface area contributed by atoms with Crippen molar-refractivity contribution in [2.24, 2.45) is 5.73 Å². The Bertz CT molecular complexity index is 466. The quantitative estimate of drug-likeness (QED) is 0.722. The minimum absolute atomic E-state index is 0.0990. The number of nitrogens with two attached hydrogens (primary N) is 1. The van der Waals surface area contributed by atoms with Crippen molar-refractivity contribution in [2.45, 2.75) is 32.4 Å². The van der Waals surface area contributed by atoms with Crippen LogP contribution in [-0.4, -0.2) is 32.3 Å². The van der Waals surface area contributed by atoms with Crippen molar-refractivity contribution in [1.82, 2.24) is 5.32 Å². The highest BCUT2D eigenvalue weighted by molar-refractivity contribution is 6.32. The van der Waals surface area contributed by atoms with E-state index in [1.165, 1.54) is 0 Å². The lowest BCUT2D eigenvalue weighted by Gasteiger charge is -2.16. The molecule has 6 heteroatoms. The molecule has 1 unspecified atom stereocenters. The number of methoxy groups -OCH3 is 1. The summed E-state index contributed by atoms with van der Waals surface area (Å²) < 4.78 is 10.5. The van der Waals surface area contributed by atoms with Crippen LogP contribution in [-0.2, 0) is 9.53 Å². The average molecular weight is 315 g/mol. The van der Waals surface area contributed by atoms with E-state index in [9.17, 15) is 4.79 Å². The Morgan fingerprint density at radius 2 is 2.14 bits per heavy atom. The summed E-state index contributed by atoms with van der Waals surface area (Å²) in [6, 6.07) is 5.23. The molecule has 0 aliphatic heterocycles. The highest BCUT2D eigenvalue weighted by Gasteiger charge is 2.16. The molecule has 0 aliphatic rings. The molecule has 0 heterocycles. The number of halogens is 1. The zero-order chi connectivity index (χ0) is 15.8. The third kappa shape index (κ3) is 5.91. The summed E-state index contributed by atoms with van der Waals surface area (Å²) in [6.45, 7) is 4.72. The first-order valence-electron chi connectivity index (χ1n) is 6.94. The molecule has 0 aromatic heterocycles. The van der Waals surface area contributed by atoms with E-state index in [4.69, 9.17) is 26.8 Å². The minimum atomic E-state index is -0.619. The van der Waals surface area contributed by atoms with Gasteiger partial charge in [0.1, 0.15) is 5.75 Å². The molecule has 0 radical (unpaired) electrons. The third-order valence-electron chi connectivity index (χ3n) is 2.98. The van der Waals surface area contributed by atoms with E-state index in [1.807, 2.05) is 13.0 Å². The Hall–Kier alpha value is -1.30. The Kier molecular flexibility index (Phi) is 7.50. The number of benzene rings is 1. The second-order valence-corrected chi connectivity index (χ2v) is 5.28. The van der Waals surface area contributed by atoms with Gasteiger partial charge in [0.25, 0.3) is 5.91 Å². The van der Waals surface area contributed by atoms with Crippen molar-refractivity contribution in [2.75, 3.05) is 20.3 Å². The fourth-order valence-corrected chi connectivity index (χ4v) is 1.95. The number of hydrogen-bond donors (Lipinski definition) is 2. The fourth-order valence-electron chi connectivity index (χ4n) is 1.71. The van der Waals surface area contributed by atoms with Crippen LogP contribution in [0.2, 0.25) is 5.02 Å². The van der Waals surface area contributed by atoms with Crippen molar-refractivity contribution in [3.63, 3.8) is 0 Å². The first kappa shape index (κ1) is 17.8. The molecule has 0 aliphatic carbocycles. The van der Waals surface area contributed by atoms with E-state index >= 15 is 0 Å². The van der Waals surface area contributed by atoms with Crippen LogP contribution in [0.1, 0.15) is 31.9 Å². The normalized spacial score (nSPS) is 13.6. The second-order valence-electron chi connectivity index (χ2n) is 4.88. The maximum Gasteiger partial charge on any atom is 0.260 e. The molecule has 2 atom stereocenters. The van der Waals surface area contributed by atoms with Crippen LogP contribution in [0.4, 0.5) is 0 Å². The Morgan fingerprint density at radius 1 is 1.43 bits per heavy atom. The number of carbonyl (C=O) groups excluding carboxylic acids is 1. The molecular formula is C15H23ClN2O3. The van der Waals surface area contributed by atoms with E-state index in [0.29, 0.717) is 23.9 Å². The highest BCUT2D eigenvalue weighted by atomic mass is 35.5. The molecule has 118 valence electrons. The number of ether oxygens (including phenoxy) is 2. The number of carbonyl (C=O) groups is 1. The maximum atomic E-state index is 11.9. The standard InChI is InChI=1S/C15H23ClN2O3/c1-10(17)12-5-6-14(13(16)9-12)21-11(2)15(19)18-7-4-8-20-3/h5-6,9-11H,4,7-8,17H2,1-3H3,(H,18,19)/t10-,11?/m0/s1. The lowest BCUT2D eigenvalue weighted by atomic mass is 10.1. The lowest BCUT2D eigenvalue weighted by Crippen LogP contribution is -2.37. The van der Waals surface area contributed by atoms with E-state index < -0.39 is 6.10 Å². The summed E-state index contributed by atoms with van der Waals surface area (Å²) in [4.78, 5) is 11.9. The molecular weight excluding hydrogens is 292 g/mol. The largest absolute Gasteiger partial charge is 0.479 e. The van der Waals surface area contributed by atoms with E-state index in [-0.39, 0.29) is 11.9 Å². The van der Waals surface area contributed by atoms with Gasteiger partial charge in [-0.25, -0.2) is 0 Å². The van der Waals surface area contributed by atoms with Crippen molar-refractivity contribution in [3.8, 4) is 5.75 Å². The van der Waals surface area contributed by atoms with Gasteiger partial charge in [-0.3, -0.25) is 4.79 Å². The van der Waals surface area contributed by atoms with Crippen LogP contribution in [0.5, 0.6) is 5.75 Å². The summed E-state index contributed by atoms with van der Waals surface area (Å²) >= 11 is 6.14. The van der Waals surface area contributed by atoms with Gasteiger partial charge >= 0.3 is 0 Å². The SMILES string of the molecule is COCCCNC(=O)C(C)Oc1ccc([C@H](C)N)cc1Cl. The Labute approximate surface area is 130 Å². The summed E-state index contributed by atoms with van der Waals surface area (Å²) in [5, 5.41) is 3.23. The zero-order valence-corrected chi connectivity index (χ0v) is 13.4. The molecule has 1 aromatic rings. The zero-order valence-electron chi connectivity index (χ0n) is 12.7.